The molecule has 0 saturated heterocycles. The Morgan fingerprint density at radius 2 is 2.20 bits per heavy atom. The van der Waals surface area contributed by atoms with Crippen molar-refractivity contribution in [2.45, 2.75) is 11.9 Å². The molecule has 0 radical (unpaired) electrons. The van der Waals surface area contributed by atoms with Gasteiger partial charge in [0.15, 0.2) is 0 Å². The van der Waals surface area contributed by atoms with Crippen molar-refractivity contribution in [1.82, 2.24) is 4.98 Å². The normalized spacial score (nSPS) is 9.80. The van der Waals surface area contributed by atoms with Crippen molar-refractivity contribution in [2.75, 3.05) is 17.7 Å². The number of ether oxygens (including phenoxy) is 1. The molecule has 1 amide bonds. The fraction of sp³-hybridized carbons (Fsp3) is 0.188. The Hall–Kier alpha value is -3.03. The zero-order chi connectivity index (χ0) is 18.1. The van der Waals surface area contributed by atoms with E-state index in [9.17, 15) is 9.59 Å². The number of rotatable bonds is 7. The van der Waals surface area contributed by atoms with Crippen LogP contribution in [-0.2, 0) is 9.53 Å². The third-order valence-electron chi connectivity index (χ3n) is 2.91. The van der Waals surface area contributed by atoms with Crippen molar-refractivity contribution in [3.8, 4) is 0 Å². The first-order chi connectivity index (χ1) is 12.1. The second-order valence-corrected chi connectivity index (χ2v) is 5.67. The average molecular weight is 357 g/mol. The summed E-state index contributed by atoms with van der Waals surface area (Å²) in [4.78, 5) is 30.4. The maximum atomic E-state index is 12.2. The number of nitrogens with zero attached hydrogens (tertiary/aromatic N) is 4. The van der Waals surface area contributed by atoms with Gasteiger partial charge in [-0.25, -0.2) is 4.98 Å². The van der Waals surface area contributed by atoms with Crippen LogP contribution >= 0.6 is 11.8 Å². The van der Waals surface area contributed by atoms with Crippen LogP contribution in [0.5, 0.6) is 0 Å². The van der Waals surface area contributed by atoms with E-state index in [1.54, 1.807) is 43.3 Å². The molecule has 0 aliphatic heterocycles. The van der Waals surface area contributed by atoms with Crippen LogP contribution in [-0.4, -0.2) is 29.2 Å². The molecule has 0 bridgehead atoms. The maximum Gasteiger partial charge on any atom is 0.316 e. The molecule has 0 aliphatic carbocycles. The van der Waals surface area contributed by atoms with Gasteiger partial charge < -0.3 is 10.1 Å². The van der Waals surface area contributed by atoms with Gasteiger partial charge in [-0.1, -0.05) is 29.0 Å². The van der Waals surface area contributed by atoms with Crippen molar-refractivity contribution in [3.05, 3.63) is 58.6 Å². The van der Waals surface area contributed by atoms with E-state index in [0.717, 1.165) is 0 Å². The molecule has 0 aliphatic rings. The van der Waals surface area contributed by atoms with E-state index in [1.807, 2.05) is 0 Å². The number of aromatic nitrogens is 1. The average Bonchev–Trinajstić information content (AvgIpc) is 2.61. The van der Waals surface area contributed by atoms with E-state index in [-0.39, 0.29) is 17.6 Å². The topological polar surface area (TPSA) is 117 Å². The first-order valence-electron chi connectivity index (χ1n) is 7.33. The molecule has 0 saturated carbocycles. The number of benzene rings is 1. The van der Waals surface area contributed by atoms with E-state index in [4.69, 9.17) is 10.3 Å². The van der Waals surface area contributed by atoms with Gasteiger partial charge in [0, 0.05) is 22.5 Å². The summed E-state index contributed by atoms with van der Waals surface area (Å²) in [5.41, 5.74) is 9.72. The van der Waals surface area contributed by atoms with Crippen molar-refractivity contribution >= 4 is 35.0 Å². The van der Waals surface area contributed by atoms with Crippen LogP contribution in [0.25, 0.3) is 10.4 Å². The fourth-order valence-electron chi connectivity index (χ4n) is 1.84. The second-order valence-electron chi connectivity index (χ2n) is 4.67. The Bertz CT molecular complexity index is 804. The number of pyridine rings is 1. The summed E-state index contributed by atoms with van der Waals surface area (Å²) in [6, 6.07) is 9.84. The highest BCUT2D eigenvalue weighted by Crippen LogP contribution is 2.19. The minimum absolute atomic E-state index is 0.165. The number of amides is 1. The van der Waals surface area contributed by atoms with Crippen LogP contribution < -0.4 is 5.32 Å². The fourth-order valence-corrected chi connectivity index (χ4v) is 2.48. The molecule has 9 heteroatoms. The quantitative estimate of drug-likeness (QED) is 0.265. The molecule has 1 N–H and O–H groups in total. The van der Waals surface area contributed by atoms with Crippen molar-refractivity contribution in [2.24, 2.45) is 5.11 Å². The highest BCUT2D eigenvalue weighted by molar-refractivity contribution is 7.99. The molecule has 0 spiro atoms. The lowest BCUT2D eigenvalue weighted by Gasteiger charge is -2.06. The van der Waals surface area contributed by atoms with Gasteiger partial charge in [-0.3, -0.25) is 9.59 Å². The lowest BCUT2D eigenvalue weighted by Crippen LogP contribution is -2.12. The van der Waals surface area contributed by atoms with E-state index in [0.29, 0.717) is 28.6 Å². The van der Waals surface area contributed by atoms with Gasteiger partial charge in [0.1, 0.15) is 0 Å². The van der Waals surface area contributed by atoms with Crippen LogP contribution in [0.3, 0.4) is 0 Å². The van der Waals surface area contributed by atoms with Crippen LogP contribution in [0.4, 0.5) is 11.4 Å². The zero-order valence-corrected chi connectivity index (χ0v) is 14.2. The number of nitrogens with one attached hydrogen (secondary N) is 1. The van der Waals surface area contributed by atoms with Gasteiger partial charge in [-0.15, -0.1) is 0 Å². The van der Waals surface area contributed by atoms with Crippen LogP contribution in [0.2, 0.25) is 0 Å². The Morgan fingerprint density at radius 3 is 2.88 bits per heavy atom. The first kappa shape index (κ1) is 18.3. The molecular weight excluding hydrogens is 342 g/mol. The van der Waals surface area contributed by atoms with Crippen molar-refractivity contribution in [1.29, 1.82) is 0 Å². The predicted octanol–water partition coefficient (Wildman–Crippen LogP) is 3.93. The number of azide groups is 1. The molecule has 1 aromatic carbocycles. The Balaban J connectivity index is 1.97. The molecule has 2 aromatic rings. The Labute approximate surface area is 148 Å². The van der Waals surface area contributed by atoms with E-state index in [1.165, 1.54) is 18.0 Å². The number of carbonyl (C=O) groups excluding carboxylic acids is 2. The van der Waals surface area contributed by atoms with Crippen molar-refractivity contribution in [3.63, 3.8) is 0 Å². The van der Waals surface area contributed by atoms with Gasteiger partial charge in [0.25, 0.3) is 5.91 Å². The maximum absolute atomic E-state index is 12.2. The van der Waals surface area contributed by atoms with Gasteiger partial charge in [-0.2, -0.15) is 0 Å². The lowest BCUT2D eigenvalue weighted by molar-refractivity contribution is -0.139. The highest BCUT2D eigenvalue weighted by atomic mass is 32.2. The largest absolute Gasteiger partial charge is 0.465 e. The molecule has 2 rings (SSSR count). The molecule has 8 nitrogen and oxygen atoms in total. The predicted molar refractivity (Wildman–Crippen MR) is 94.8 cm³/mol. The zero-order valence-electron chi connectivity index (χ0n) is 13.4. The van der Waals surface area contributed by atoms with Gasteiger partial charge in [0.2, 0.25) is 0 Å². The summed E-state index contributed by atoms with van der Waals surface area (Å²) in [5, 5.41) is 6.80. The summed E-state index contributed by atoms with van der Waals surface area (Å²) in [5.74, 6) is -0.484. The number of thioether (sulfide) groups is 1. The van der Waals surface area contributed by atoms with Gasteiger partial charge in [-0.05, 0) is 36.7 Å². The number of anilines is 1. The number of esters is 1. The van der Waals surface area contributed by atoms with Crippen LogP contribution in [0, 0.1) is 0 Å². The second kappa shape index (κ2) is 9.31. The van der Waals surface area contributed by atoms with E-state index in [2.05, 4.69) is 20.3 Å². The summed E-state index contributed by atoms with van der Waals surface area (Å²) < 4.78 is 4.84. The first-order valence-corrected chi connectivity index (χ1v) is 8.32. The molecule has 128 valence electrons. The molecule has 1 heterocycles. The summed E-state index contributed by atoms with van der Waals surface area (Å²) in [7, 11) is 0. The van der Waals surface area contributed by atoms with Crippen LogP contribution in [0.1, 0.15) is 17.3 Å². The highest BCUT2D eigenvalue weighted by Gasteiger charge is 2.09. The SMILES string of the molecule is CCOC(=O)CSc1ccc(C(=O)Nc2cccc(N=[N+]=[N-])c2)cn1. The molecular formula is C16H15N5O3S. The molecule has 0 atom stereocenters. The van der Waals surface area contributed by atoms with Gasteiger partial charge >= 0.3 is 5.97 Å². The number of hydrogen-bond donors (Lipinski definition) is 1. The smallest absolute Gasteiger partial charge is 0.316 e. The van der Waals surface area contributed by atoms with E-state index < -0.39 is 0 Å². The Morgan fingerprint density at radius 1 is 1.36 bits per heavy atom. The minimum Gasteiger partial charge on any atom is -0.465 e. The monoisotopic (exact) mass is 357 g/mol. The van der Waals surface area contributed by atoms with Crippen LogP contribution in [0.15, 0.2) is 52.7 Å². The molecule has 1 aromatic heterocycles. The standard InChI is InChI=1S/C16H15N5O3S/c1-2-24-15(22)10-25-14-7-6-11(9-18-14)16(23)19-12-4-3-5-13(8-12)20-21-17/h3-9H,2,10H2,1H3,(H,19,23). The van der Waals surface area contributed by atoms with Gasteiger partial charge in [0.05, 0.1) is 22.9 Å². The summed E-state index contributed by atoms with van der Waals surface area (Å²) in [6.45, 7) is 2.09. The molecule has 25 heavy (non-hydrogen) atoms. The third-order valence-corrected chi connectivity index (χ3v) is 3.82. The molecule has 0 fully saturated rings. The van der Waals surface area contributed by atoms with E-state index >= 15 is 0 Å². The number of hydrogen-bond acceptors (Lipinski definition) is 6. The number of carbonyl (C=O) groups is 2. The minimum atomic E-state index is -0.340. The summed E-state index contributed by atoms with van der Waals surface area (Å²) in [6.07, 6.45) is 1.43. The molecule has 0 unspecified atom stereocenters. The van der Waals surface area contributed by atoms with Crippen molar-refractivity contribution < 1.29 is 14.3 Å². The third kappa shape index (κ3) is 5.83. The lowest BCUT2D eigenvalue weighted by atomic mass is 10.2. The summed E-state index contributed by atoms with van der Waals surface area (Å²) >= 11 is 1.24. The Kier molecular flexibility index (Phi) is 6.82.